The maximum absolute atomic E-state index is 5.43. The molecule has 0 bridgehead atoms. The Morgan fingerprint density at radius 3 is 2.50 bits per heavy atom. The number of hydrogen-bond acceptors (Lipinski definition) is 2. The Kier molecular flexibility index (Phi) is 4.95. The second-order valence-corrected chi connectivity index (χ2v) is 7.11. The molecule has 0 spiro atoms. The zero-order valence-electron chi connectivity index (χ0n) is 13.4. The molecule has 1 aromatic rings. The number of benzene rings is 1. The molecule has 0 saturated heterocycles. The highest BCUT2D eigenvalue weighted by atomic mass is 16.5. The number of methoxy groups -OCH3 is 1. The summed E-state index contributed by atoms with van der Waals surface area (Å²) in [5, 5.41) is 3.69. The largest absolute Gasteiger partial charge is 0.495 e. The summed E-state index contributed by atoms with van der Waals surface area (Å²) in [4.78, 5) is 0. The van der Waals surface area contributed by atoms with Gasteiger partial charge in [0.05, 0.1) is 12.8 Å². The van der Waals surface area contributed by atoms with Crippen LogP contribution in [0.1, 0.15) is 52.9 Å². The van der Waals surface area contributed by atoms with Gasteiger partial charge in [-0.05, 0) is 49.1 Å². The highest BCUT2D eigenvalue weighted by Gasteiger charge is 2.27. The molecule has 1 aromatic carbocycles. The van der Waals surface area contributed by atoms with Crippen LogP contribution >= 0.6 is 0 Å². The molecule has 0 aliphatic heterocycles. The van der Waals surface area contributed by atoms with Crippen molar-refractivity contribution in [1.29, 1.82) is 0 Å². The van der Waals surface area contributed by atoms with E-state index >= 15 is 0 Å². The molecule has 2 unspecified atom stereocenters. The third-order valence-corrected chi connectivity index (χ3v) is 4.66. The molecule has 2 atom stereocenters. The molecule has 1 saturated carbocycles. The summed E-state index contributed by atoms with van der Waals surface area (Å²) in [7, 11) is 1.74. The summed E-state index contributed by atoms with van der Waals surface area (Å²) in [5.74, 6) is 1.80. The van der Waals surface area contributed by atoms with Crippen molar-refractivity contribution in [3.8, 4) is 5.75 Å². The molecule has 1 aliphatic rings. The van der Waals surface area contributed by atoms with Gasteiger partial charge < -0.3 is 10.1 Å². The van der Waals surface area contributed by atoms with Crippen molar-refractivity contribution in [1.82, 2.24) is 0 Å². The van der Waals surface area contributed by atoms with E-state index in [1.54, 1.807) is 7.11 Å². The van der Waals surface area contributed by atoms with Crippen LogP contribution in [0.15, 0.2) is 24.3 Å². The maximum Gasteiger partial charge on any atom is 0.141 e. The molecule has 1 N–H and O–H groups in total. The second kappa shape index (κ2) is 6.51. The monoisotopic (exact) mass is 275 g/mol. The average Bonchev–Trinajstić information content (AvgIpc) is 2.64. The van der Waals surface area contributed by atoms with Gasteiger partial charge in [-0.25, -0.2) is 0 Å². The maximum atomic E-state index is 5.43. The fraction of sp³-hybridized carbons (Fsp3) is 0.667. The number of nitrogens with one attached hydrogen (secondary N) is 1. The Balaban J connectivity index is 1.97. The Morgan fingerprint density at radius 2 is 1.80 bits per heavy atom. The topological polar surface area (TPSA) is 21.3 Å². The molecular weight excluding hydrogens is 246 g/mol. The molecule has 0 radical (unpaired) electrons. The first kappa shape index (κ1) is 15.2. The fourth-order valence-electron chi connectivity index (χ4n) is 3.30. The van der Waals surface area contributed by atoms with Gasteiger partial charge in [0, 0.05) is 6.04 Å². The standard InChI is InChI=1S/C18H29NO/c1-18(2,3)14-8-7-9-15(13-12-14)19-16-10-5-6-11-17(16)20-4/h5-6,10-11,14-15,19H,7-9,12-13H2,1-4H3. The lowest BCUT2D eigenvalue weighted by Crippen LogP contribution is -2.21. The summed E-state index contributed by atoms with van der Waals surface area (Å²) in [6.45, 7) is 7.14. The third kappa shape index (κ3) is 3.91. The Morgan fingerprint density at radius 1 is 1.05 bits per heavy atom. The van der Waals surface area contributed by atoms with Gasteiger partial charge in [-0.3, -0.25) is 0 Å². The quantitative estimate of drug-likeness (QED) is 0.775. The van der Waals surface area contributed by atoms with Crippen molar-refractivity contribution < 1.29 is 4.74 Å². The van der Waals surface area contributed by atoms with Gasteiger partial charge in [0.1, 0.15) is 5.75 Å². The zero-order chi connectivity index (χ0) is 14.6. The summed E-state index contributed by atoms with van der Waals surface area (Å²) < 4.78 is 5.43. The minimum absolute atomic E-state index is 0.444. The predicted octanol–water partition coefficient (Wildman–Crippen LogP) is 5.10. The van der Waals surface area contributed by atoms with Crippen molar-refractivity contribution >= 4 is 5.69 Å². The first-order valence-corrected chi connectivity index (χ1v) is 7.90. The van der Waals surface area contributed by atoms with Crippen molar-refractivity contribution in [2.75, 3.05) is 12.4 Å². The molecular formula is C18H29NO. The van der Waals surface area contributed by atoms with Gasteiger partial charge in [0.25, 0.3) is 0 Å². The van der Waals surface area contributed by atoms with Gasteiger partial charge in [0.2, 0.25) is 0 Å². The van der Waals surface area contributed by atoms with Crippen molar-refractivity contribution in [3.05, 3.63) is 24.3 Å². The van der Waals surface area contributed by atoms with Crippen LogP contribution in [0, 0.1) is 11.3 Å². The number of para-hydroxylation sites is 2. The molecule has 1 aliphatic carbocycles. The Bertz CT molecular complexity index is 422. The highest BCUT2D eigenvalue weighted by Crippen LogP contribution is 2.37. The van der Waals surface area contributed by atoms with Gasteiger partial charge in [-0.1, -0.05) is 39.3 Å². The smallest absolute Gasteiger partial charge is 0.141 e. The number of hydrogen-bond donors (Lipinski definition) is 1. The van der Waals surface area contributed by atoms with E-state index in [-0.39, 0.29) is 0 Å². The van der Waals surface area contributed by atoms with Crippen LogP contribution < -0.4 is 10.1 Å². The average molecular weight is 275 g/mol. The minimum Gasteiger partial charge on any atom is -0.495 e. The molecule has 20 heavy (non-hydrogen) atoms. The van der Waals surface area contributed by atoms with E-state index in [4.69, 9.17) is 4.74 Å². The normalized spacial score (nSPS) is 24.0. The zero-order valence-corrected chi connectivity index (χ0v) is 13.4. The molecule has 112 valence electrons. The van der Waals surface area contributed by atoms with Crippen molar-refractivity contribution in [2.45, 2.75) is 58.9 Å². The summed E-state index contributed by atoms with van der Waals surface area (Å²) in [6, 6.07) is 8.81. The summed E-state index contributed by atoms with van der Waals surface area (Å²) in [6.07, 6.45) is 6.56. The number of ether oxygens (including phenoxy) is 1. The Hall–Kier alpha value is -1.18. The lowest BCUT2D eigenvalue weighted by molar-refractivity contribution is 0.214. The van der Waals surface area contributed by atoms with E-state index in [9.17, 15) is 0 Å². The number of anilines is 1. The van der Waals surface area contributed by atoms with E-state index in [1.807, 2.05) is 12.1 Å². The fourth-order valence-corrected chi connectivity index (χ4v) is 3.30. The van der Waals surface area contributed by atoms with Crippen LogP contribution in [0.2, 0.25) is 0 Å². The lowest BCUT2D eigenvalue weighted by atomic mass is 9.76. The van der Waals surface area contributed by atoms with E-state index in [2.05, 4.69) is 38.2 Å². The van der Waals surface area contributed by atoms with Gasteiger partial charge in [-0.2, -0.15) is 0 Å². The molecule has 0 heterocycles. The SMILES string of the molecule is COc1ccccc1NC1CCCC(C(C)(C)C)CC1. The van der Waals surface area contributed by atoms with E-state index < -0.39 is 0 Å². The molecule has 2 rings (SSSR count). The van der Waals surface area contributed by atoms with E-state index in [1.165, 1.54) is 32.1 Å². The van der Waals surface area contributed by atoms with Crippen LogP contribution in [0.3, 0.4) is 0 Å². The van der Waals surface area contributed by atoms with Crippen LogP contribution in [-0.2, 0) is 0 Å². The lowest BCUT2D eigenvalue weighted by Gasteiger charge is -2.29. The second-order valence-electron chi connectivity index (χ2n) is 7.11. The molecule has 1 fully saturated rings. The molecule has 2 nitrogen and oxygen atoms in total. The van der Waals surface area contributed by atoms with Crippen LogP contribution in [0.25, 0.3) is 0 Å². The minimum atomic E-state index is 0.444. The Labute approximate surface area is 123 Å². The predicted molar refractivity (Wildman–Crippen MR) is 86.4 cm³/mol. The van der Waals surface area contributed by atoms with Crippen LogP contribution in [0.4, 0.5) is 5.69 Å². The third-order valence-electron chi connectivity index (χ3n) is 4.66. The summed E-state index contributed by atoms with van der Waals surface area (Å²) >= 11 is 0. The summed E-state index contributed by atoms with van der Waals surface area (Å²) in [5.41, 5.74) is 1.58. The van der Waals surface area contributed by atoms with Gasteiger partial charge in [-0.15, -0.1) is 0 Å². The first-order chi connectivity index (χ1) is 9.50. The van der Waals surface area contributed by atoms with Gasteiger partial charge in [0.15, 0.2) is 0 Å². The van der Waals surface area contributed by atoms with Crippen molar-refractivity contribution in [2.24, 2.45) is 11.3 Å². The molecule has 0 amide bonds. The van der Waals surface area contributed by atoms with Crippen LogP contribution in [-0.4, -0.2) is 13.2 Å². The highest BCUT2D eigenvalue weighted by molar-refractivity contribution is 5.56. The van der Waals surface area contributed by atoms with Crippen molar-refractivity contribution in [3.63, 3.8) is 0 Å². The van der Waals surface area contributed by atoms with E-state index in [0.29, 0.717) is 11.5 Å². The van der Waals surface area contributed by atoms with Crippen LogP contribution in [0.5, 0.6) is 5.75 Å². The molecule has 2 heteroatoms. The van der Waals surface area contributed by atoms with E-state index in [0.717, 1.165) is 17.4 Å². The number of rotatable bonds is 3. The first-order valence-electron chi connectivity index (χ1n) is 7.90. The van der Waals surface area contributed by atoms with Gasteiger partial charge >= 0.3 is 0 Å². The molecule has 0 aromatic heterocycles.